The van der Waals surface area contributed by atoms with Crippen LogP contribution >= 0.6 is 0 Å². The molecule has 13 heteroatoms. The summed E-state index contributed by atoms with van der Waals surface area (Å²) in [6, 6.07) is 7.30. The summed E-state index contributed by atoms with van der Waals surface area (Å²) in [7, 11) is 0. The van der Waals surface area contributed by atoms with Crippen molar-refractivity contribution in [3.63, 3.8) is 0 Å². The van der Waals surface area contributed by atoms with Gasteiger partial charge in [0.1, 0.15) is 29.4 Å². The molecule has 0 saturated heterocycles. The number of aromatic nitrogens is 7. The number of hydrogen-bond donors (Lipinski definition) is 1. The maximum absolute atomic E-state index is 14.3. The van der Waals surface area contributed by atoms with Crippen LogP contribution in [0.25, 0.3) is 33.7 Å². The number of nitrogens with one attached hydrogen (secondary N) is 1. The largest absolute Gasteiger partial charge is 0.406 e. The molecule has 1 aromatic carbocycles. The molecule has 0 bridgehead atoms. The molecule has 0 spiro atoms. The second kappa shape index (κ2) is 8.99. The summed E-state index contributed by atoms with van der Waals surface area (Å²) in [4.78, 5) is 27.9. The van der Waals surface area contributed by atoms with Crippen LogP contribution in [0.15, 0.2) is 41.3 Å². The second-order valence-electron chi connectivity index (χ2n) is 9.43. The highest BCUT2D eigenvalue weighted by Gasteiger charge is 2.32. The summed E-state index contributed by atoms with van der Waals surface area (Å²) >= 11 is 0. The lowest BCUT2D eigenvalue weighted by Crippen LogP contribution is -2.26. The van der Waals surface area contributed by atoms with Gasteiger partial charge in [-0.3, -0.25) is 9.55 Å². The molecule has 0 atom stereocenters. The van der Waals surface area contributed by atoms with Crippen LogP contribution in [0.3, 0.4) is 0 Å². The van der Waals surface area contributed by atoms with Crippen molar-refractivity contribution in [3.8, 4) is 11.5 Å². The summed E-state index contributed by atoms with van der Waals surface area (Å²) < 4.78 is 70.3. The molecule has 1 fully saturated rings. The van der Waals surface area contributed by atoms with Gasteiger partial charge in [0.25, 0.3) is 0 Å². The Morgan fingerprint density at radius 1 is 1.11 bits per heavy atom. The predicted octanol–water partition coefficient (Wildman–Crippen LogP) is 4.76. The van der Waals surface area contributed by atoms with Crippen molar-refractivity contribution in [2.24, 2.45) is 5.92 Å². The Hall–Kier alpha value is -4.16. The molecule has 1 aliphatic rings. The van der Waals surface area contributed by atoms with Gasteiger partial charge >= 0.3 is 11.9 Å². The number of aryl methyl sites for hydroxylation is 1. The maximum atomic E-state index is 14.3. The molecule has 8 nitrogen and oxygen atoms in total. The number of rotatable bonds is 7. The lowest BCUT2D eigenvalue weighted by atomic mass is 10.1. The van der Waals surface area contributed by atoms with Gasteiger partial charge in [0.2, 0.25) is 0 Å². The average molecular weight is 529 g/mol. The van der Waals surface area contributed by atoms with Crippen LogP contribution in [-0.4, -0.2) is 40.5 Å². The van der Waals surface area contributed by atoms with E-state index >= 15 is 0 Å². The summed E-state index contributed by atoms with van der Waals surface area (Å²) in [5.41, 5.74) is -0.102. The third-order valence-electron chi connectivity index (χ3n) is 6.56. The molecule has 1 saturated carbocycles. The molecule has 4 aromatic heterocycles. The first-order valence-electron chi connectivity index (χ1n) is 12.0. The van der Waals surface area contributed by atoms with Gasteiger partial charge in [-0.25, -0.2) is 33.2 Å². The number of hydrogen-bond acceptors (Lipinski definition) is 5. The Labute approximate surface area is 211 Å². The van der Waals surface area contributed by atoms with Gasteiger partial charge in [0.05, 0.1) is 23.8 Å². The molecule has 5 aromatic rings. The van der Waals surface area contributed by atoms with Gasteiger partial charge in [-0.2, -0.15) is 18.3 Å². The number of benzene rings is 1. The van der Waals surface area contributed by atoms with E-state index in [0.29, 0.717) is 28.9 Å². The molecule has 0 aliphatic heterocycles. The van der Waals surface area contributed by atoms with E-state index in [9.17, 15) is 26.7 Å². The third-order valence-corrected chi connectivity index (χ3v) is 6.56. The molecule has 0 unspecified atom stereocenters. The summed E-state index contributed by atoms with van der Waals surface area (Å²) in [5, 5.41) is 4.74. The first kappa shape index (κ1) is 24.2. The normalized spacial score (nSPS) is 14.1. The summed E-state index contributed by atoms with van der Waals surface area (Å²) in [6.45, 7) is -1.50. The molecule has 1 aliphatic carbocycles. The van der Waals surface area contributed by atoms with Crippen LogP contribution in [0.1, 0.15) is 30.5 Å². The van der Waals surface area contributed by atoms with Crippen LogP contribution in [0, 0.1) is 17.6 Å². The molecular weight excluding hydrogens is 509 g/mol. The number of pyridine rings is 1. The molecule has 4 heterocycles. The SMILES string of the molecule is O=c1[nH]c2nc(-c3nn(Cc4ccccc4F)c4ncc(F)cc34)nc(CCC3CC3)c2n1CC(F)(F)F. The van der Waals surface area contributed by atoms with E-state index in [-0.39, 0.29) is 46.0 Å². The zero-order valence-electron chi connectivity index (χ0n) is 19.8. The number of imidazole rings is 1. The smallest absolute Gasteiger partial charge is 0.290 e. The molecule has 1 N–H and O–H groups in total. The van der Waals surface area contributed by atoms with Crippen molar-refractivity contribution in [1.82, 2.24) is 34.3 Å². The number of alkyl halides is 3. The topological polar surface area (TPSA) is 94.3 Å². The molecule has 38 heavy (non-hydrogen) atoms. The van der Waals surface area contributed by atoms with Gasteiger partial charge < -0.3 is 0 Å². The van der Waals surface area contributed by atoms with Crippen LogP contribution in [0.5, 0.6) is 0 Å². The zero-order chi connectivity index (χ0) is 26.6. The predicted molar refractivity (Wildman–Crippen MR) is 127 cm³/mol. The number of aromatic amines is 1. The van der Waals surface area contributed by atoms with E-state index in [1.807, 2.05) is 0 Å². The lowest BCUT2D eigenvalue weighted by Gasteiger charge is -2.10. The Kier molecular flexibility index (Phi) is 5.73. The average Bonchev–Trinajstić information content (AvgIpc) is 3.55. The lowest BCUT2D eigenvalue weighted by molar-refractivity contribution is -0.140. The Balaban J connectivity index is 1.52. The van der Waals surface area contributed by atoms with Crippen molar-refractivity contribution >= 4 is 22.2 Å². The van der Waals surface area contributed by atoms with Crippen molar-refractivity contribution in [3.05, 3.63) is 69.9 Å². The van der Waals surface area contributed by atoms with Crippen molar-refractivity contribution < 1.29 is 22.0 Å². The number of halogens is 5. The minimum absolute atomic E-state index is 0.00612. The van der Waals surface area contributed by atoms with Gasteiger partial charge in [-0.1, -0.05) is 31.0 Å². The Morgan fingerprint density at radius 3 is 2.63 bits per heavy atom. The molecule has 196 valence electrons. The van der Waals surface area contributed by atoms with E-state index < -0.39 is 30.0 Å². The highest BCUT2D eigenvalue weighted by atomic mass is 19.4. The first-order valence-corrected chi connectivity index (χ1v) is 12.0. The van der Waals surface area contributed by atoms with Crippen molar-refractivity contribution in [1.29, 1.82) is 0 Å². The third kappa shape index (κ3) is 4.63. The Morgan fingerprint density at radius 2 is 1.89 bits per heavy atom. The summed E-state index contributed by atoms with van der Waals surface area (Å²) in [5.74, 6) is -0.662. The molecule has 0 amide bonds. The first-order chi connectivity index (χ1) is 18.2. The van der Waals surface area contributed by atoms with Crippen molar-refractivity contribution in [2.45, 2.75) is 44.9 Å². The fourth-order valence-corrected chi connectivity index (χ4v) is 4.60. The quantitative estimate of drug-likeness (QED) is 0.307. The maximum Gasteiger partial charge on any atom is 0.406 e. The molecule has 0 radical (unpaired) electrons. The van der Waals surface area contributed by atoms with Crippen LogP contribution < -0.4 is 5.69 Å². The number of nitrogens with zero attached hydrogens (tertiary/aromatic N) is 6. The summed E-state index contributed by atoms with van der Waals surface area (Å²) in [6.07, 6.45) is -0.553. The van der Waals surface area contributed by atoms with E-state index in [2.05, 4.69) is 25.0 Å². The monoisotopic (exact) mass is 529 g/mol. The van der Waals surface area contributed by atoms with E-state index in [1.165, 1.54) is 16.8 Å². The van der Waals surface area contributed by atoms with Crippen LogP contribution in [0.4, 0.5) is 22.0 Å². The van der Waals surface area contributed by atoms with Gasteiger partial charge in [0.15, 0.2) is 17.1 Å². The standard InChI is InChI=1S/C25H20F5N7O/c26-15-9-16-19(35-37(23(16)31-10-15)11-14-3-1-2-4-17(14)27)21-32-18(8-7-13-5-6-13)20-22(33-21)34-24(38)36(20)12-25(28,29)30/h1-4,9-10,13H,5-8,11-12H2,(H,32,33,34,38). The van der Waals surface area contributed by atoms with E-state index in [4.69, 9.17) is 0 Å². The fraction of sp³-hybridized carbons (Fsp3) is 0.320. The van der Waals surface area contributed by atoms with Gasteiger partial charge in [-0.05, 0) is 30.9 Å². The van der Waals surface area contributed by atoms with Crippen LogP contribution in [-0.2, 0) is 19.5 Å². The minimum atomic E-state index is -4.63. The highest BCUT2D eigenvalue weighted by molar-refractivity contribution is 5.90. The number of fused-ring (bicyclic) bond motifs is 2. The molecule has 6 rings (SSSR count). The van der Waals surface area contributed by atoms with Gasteiger partial charge in [0, 0.05) is 5.56 Å². The van der Waals surface area contributed by atoms with E-state index in [1.54, 1.807) is 18.2 Å². The van der Waals surface area contributed by atoms with Gasteiger partial charge in [-0.15, -0.1) is 0 Å². The Bertz CT molecular complexity index is 1730. The number of H-pyrrole nitrogens is 1. The van der Waals surface area contributed by atoms with Crippen molar-refractivity contribution in [2.75, 3.05) is 0 Å². The second-order valence-corrected chi connectivity index (χ2v) is 9.43. The highest BCUT2D eigenvalue weighted by Crippen LogP contribution is 2.35. The minimum Gasteiger partial charge on any atom is -0.290 e. The van der Waals surface area contributed by atoms with Crippen LogP contribution in [0.2, 0.25) is 0 Å². The molecular formula is C25H20F5N7O. The zero-order valence-corrected chi connectivity index (χ0v) is 19.8. The van der Waals surface area contributed by atoms with E-state index in [0.717, 1.165) is 19.0 Å². The fourth-order valence-electron chi connectivity index (χ4n) is 4.60.